The Bertz CT molecular complexity index is 1350. The van der Waals surface area contributed by atoms with Crippen LogP contribution in [0.3, 0.4) is 0 Å². The van der Waals surface area contributed by atoms with Crippen molar-refractivity contribution < 1.29 is 13.2 Å². The molecule has 244 valence electrons. The Morgan fingerprint density at radius 1 is 1.05 bits per heavy atom. The van der Waals surface area contributed by atoms with Gasteiger partial charge in [0, 0.05) is 31.2 Å². The molecular weight excluding hydrogens is 570 g/mol. The Hall–Kier alpha value is -1.88. The number of pyridine rings is 1. The van der Waals surface area contributed by atoms with Crippen molar-refractivity contribution in [2.75, 3.05) is 13.6 Å². The van der Waals surface area contributed by atoms with Gasteiger partial charge in [0.1, 0.15) is 18.6 Å². The lowest BCUT2D eigenvalue weighted by Gasteiger charge is -2.42. The summed E-state index contributed by atoms with van der Waals surface area (Å²) in [4.78, 5) is 7.48. The van der Waals surface area contributed by atoms with Crippen LogP contribution in [0, 0.1) is 25.7 Å². The molecule has 3 aliphatic rings. The number of hydrogen-bond donors (Lipinski definition) is 3. The third-order valence-corrected chi connectivity index (χ3v) is 11.8. The summed E-state index contributed by atoms with van der Waals surface area (Å²) in [6, 6.07) is 10.7. The number of hydrogen-bond acceptors (Lipinski definition) is 7. The molecule has 2 aliphatic heterocycles. The molecule has 0 spiro atoms. The minimum absolute atomic E-state index is 0.00237. The molecule has 3 heterocycles. The highest BCUT2D eigenvalue weighted by atomic mass is 32.2. The van der Waals surface area contributed by atoms with E-state index in [9.17, 15) is 8.42 Å². The predicted octanol–water partition coefficient (Wildman–Crippen LogP) is 5.83. The van der Waals surface area contributed by atoms with E-state index in [0.717, 1.165) is 31.5 Å². The zero-order chi connectivity index (χ0) is 31.8. The van der Waals surface area contributed by atoms with Gasteiger partial charge in [-0.2, -0.15) is 4.72 Å². The summed E-state index contributed by atoms with van der Waals surface area (Å²) < 4.78 is 37.8. The lowest BCUT2D eigenvalue weighted by Crippen LogP contribution is -2.64. The van der Waals surface area contributed by atoms with Crippen LogP contribution in [0.2, 0.25) is 0 Å². The van der Waals surface area contributed by atoms with Gasteiger partial charge in [0.15, 0.2) is 0 Å². The highest BCUT2D eigenvalue weighted by Gasteiger charge is 2.41. The zero-order valence-electron chi connectivity index (χ0n) is 28.1. The highest BCUT2D eigenvalue weighted by Crippen LogP contribution is 2.37. The number of aryl methyl sites for hydroxylation is 2. The van der Waals surface area contributed by atoms with Gasteiger partial charge in [-0.15, -0.1) is 0 Å². The van der Waals surface area contributed by atoms with Gasteiger partial charge in [-0.3, -0.25) is 15.6 Å². The van der Waals surface area contributed by atoms with Gasteiger partial charge in [-0.25, -0.2) is 8.42 Å². The number of nitrogens with one attached hydrogen (secondary N) is 3. The van der Waals surface area contributed by atoms with Crippen molar-refractivity contribution >= 4 is 10.0 Å². The number of likely N-dealkylation sites (N-methyl/N-ethyl adjacent to an activating group) is 1. The number of ether oxygens (including phenoxy) is 1. The van der Waals surface area contributed by atoms with E-state index in [1.165, 1.54) is 22.3 Å². The van der Waals surface area contributed by atoms with E-state index in [1.807, 2.05) is 6.20 Å². The fraction of sp³-hybridized carbons (Fsp3) is 0.686. The lowest BCUT2D eigenvalue weighted by atomic mass is 9.86. The first kappa shape index (κ1) is 33.5. The van der Waals surface area contributed by atoms with E-state index in [2.05, 4.69) is 106 Å². The molecule has 3 fully saturated rings. The van der Waals surface area contributed by atoms with Crippen molar-refractivity contribution in [3.63, 3.8) is 0 Å². The van der Waals surface area contributed by atoms with Crippen LogP contribution in [0.1, 0.15) is 113 Å². The van der Waals surface area contributed by atoms with Crippen LogP contribution in [0.15, 0.2) is 36.5 Å². The summed E-state index contributed by atoms with van der Waals surface area (Å²) in [7, 11) is -1.37. The molecular formula is C35H55N5O3S. The SMILES string of the molecule is Cc1cccc(C)c1C1CC2NC(N1)NS(=O)(=O)C1CCCC(C1)CN(C)[C@H](CC(C)C)[C@@H](c1ccc(C(C)(C)C)cn1)O2. The Morgan fingerprint density at radius 2 is 1.77 bits per heavy atom. The topological polar surface area (TPSA) is 95.6 Å². The molecule has 1 aromatic carbocycles. The van der Waals surface area contributed by atoms with Crippen LogP contribution in [0.25, 0.3) is 0 Å². The van der Waals surface area contributed by atoms with E-state index in [0.29, 0.717) is 31.1 Å². The van der Waals surface area contributed by atoms with Gasteiger partial charge in [0.05, 0.1) is 10.9 Å². The molecule has 9 heteroatoms. The third-order valence-electron chi connectivity index (χ3n) is 9.95. The molecule has 2 aromatic rings. The van der Waals surface area contributed by atoms with Crippen molar-refractivity contribution in [3.05, 3.63) is 64.5 Å². The van der Waals surface area contributed by atoms with Crippen LogP contribution >= 0.6 is 0 Å². The van der Waals surface area contributed by atoms with E-state index < -0.39 is 27.8 Å². The fourth-order valence-corrected chi connectivity index (χ4v) is 9.25. The van der Waals surface area contributed by atoms with Crippen molar-refractivity contribution in [1.82, 2.24) is 25.2 Å². The van der Waals surface area contributed by atoms with Crippen molar-refractivity contribution in [2.45, 2.75) is 128 Å². The number of sulfonamides is 1. The van der Waals surface area contributed by atoms with Crippen LogP contribution in [-0.2, 0) is 20.2 Å². The maximum absolute atomic E-state index is 13.8. The van der Waals surface area contributed by atoms with Crippen LogP contribution in [0.4, 0.5) is 0 Å². The Labute approximate surface area is 266 Å². The maximum atomic E-state index is 13.8. The standard InChI is InChI=1S/C35H55N5O3S/c1-22(2)17-30-33(28-16-15-26(20-36-28)35(5,6)7)43-31-19-29(32-23(3)11-9-12-24(32)4)37-34(38-31)39-44(41,42)27-14-10-13-25(18-27)21-40(30)8/h9,11-12,15-16,20,22,25,27,29-31,33-34,37-39H,10,13-14,17-19,21H2,1-8H3/t25?,27?,29?,30-,31?,33-,34?/m1/s1. The molecule has 1 aromatic heterocycles. The van der Waals surface area contributed by atoms with Crippen molar-refractivity contribution in [1.29, 1.82) is 0 Å². The van der Waals surface area contributed by atoms with Gasteiger partial charge in [-0.1, -0.05) is 65.3 Å². The number of nitrogens with zero attached hydrogens (tertiary/aromatic N) is 2. The van der Waals surface area contributed by atoms with Gasteiger partial charge in [0.2, 0.25) is 10.0 Å². The molecule has 44 heavy (non-hydrogen) atoms. The number of benzene rings is 1. The average molecular weight is 626 g/mol. The lowest BCUT2D eigenvalue weighted by molar-refractivity contribution is -0.101. The molecule has 4 bridgehead atoms. The number of rotatable bonds is 4. The second kappa shape index (κ2) is 13.5. The van der Waals surface area contributed by atoms with Crippen LogP contribution < -0.4 is 15.4 Å². The summed E-state index contributed by atoms with van der Waals surface area (Å²) in [6.45, 7) is 16.3. The predicted molar refractivity (Wildman–Crippen MR) is 178 cm³/mol. The molecule has 8 nitrogen and oxygen atoms in total. The summed E-state index contributed by atoms with van der Waals surface area (Å²) in [6.07, 6.45) is 5.62. The normalized spacial score (nSPS) is 32.0. The molecule has 7 atom stereocenters. The summed E-state index contributed by atoms with van der Waals surface area (Å²) in [5, 5.41) is 6.72. The quantitative estimate of drug-likeness (QED) is 0.394. The summed E-state index contributed by atoms with van der Waals surface area (Å²) in [5.74, 6) is 0.764. The number of aromatic nitrogens is 1. The second-order valence-corrected chi connectivity index (χ2v) is 17.1. The Morgan fingerprint density at radius 3 is 2.41 bits per heavy atom. The maximum Gasteiger partial charge on any atom is 0.216 e. The molecule has 0 radical (unpaired) electrons. The van der Waals surface area contributed by atoms with Gasteiger partial charge >= 0.3 is 0 Å². The average Bonchev–Trinajstić information content (AvgIpc) is 2.94. The number of fused-ring (bicyclic) bond motifs is 4. The van der Waals surface area contributed by atoms with E-state index >= 15 is 0 Å². The molecule has 1 aliphatic carbocycles. The van der Waals surface area contributed by atoms with Gasteiger partial charge in [-0.05, 0) is 92.1 Å². The van der Waals surface area contributed by atoms with Gasteiger partial charge < -0.3 is 9.64 Å². The van der Waals surface area contributed by atoms with E-state index in [4.69, 9.17) is 9.72 Å². The second-order valence-electron chi connectivity index (χ2n) is 15.1. The smallest absolute Gasteiger partial charge is 0.216 e. The van der Waals surface area contributed by atoms with Crippen LogP contribution in [0.5, 0.6) is 0 Å². The summed E-state index contributed by atoms with van der Waals surface area (Å²) in [5.41, 5.74) is 5.69. The molecule has 3 N–H and O–H groups in total. The third kappa shape index (κ3) is 7.73. The van der Waals surface area contributed by atoms with Crippen molar-refractivity contribution in [3.8, 4) is 0 Å². The van der Waals surface area contributed by atoms with Gasteiger partial charge in [0.25, 0.3) is 0 Å². The Balaban J connectivity index is 1.59. The van der Waals surface area contributed by atoms with Crippen LogP contribution in [-0.4, -0.2) is 55.7 Å². The fourth-order valence-electron chi connectivity index (χ4n) is 7.59. The molecule has 5 rings (SSSR count). The summed E-state index contributed by atoms with van der Waals surface area (Å²) >= 11 is 0. The first-order valence-electron chi connectivity index (χ1n) is 16.6. The van der Waals surface area contributed by atoms with E-state index in [-0.39, 0.29) is 23.6 Å². The zero-order valence-corrected chi connectivity index (χ0v) is 28.9. The van der Waals surface area contributed by atoms with E-state index in [1.54, 1.807) is 0 Å². The monoisotopic (exact) mass is 625 g/mol. The highest BCUT2D eigenvalue weighted by molar-refractivity contribution is 7.90. The minimum Gasteiger partial charge on any atom is -0.352 e. The first-order valence-corrected chi connectivity index (χ1v) is 18.2. The Kier molecular flexibility index (Phi) is 10.2. The molecule has 5 unspecified atom stereocenters. The molecule has 0 amide bonds. The largest absolute Gasteiger partial charge is 0.352 e. The minimum atomic E-state index is -3.57. The van der Waals surface area contributed by atoms with Crippen molar-refractivity contribution in [2.24, 2.45) is 11.8 Å². The molecule has 2 saturated heterocycles. The first-order chi connectivity index (χ1) is 20.7. The molecule has 1 saturated carbocycles.